The van der Waals surface area contributed by atoms with Gasteiger partial charge >= 0.3 is 0 Å². The number of nitrogens with one attached hydrogen (secondary N) is 1. The SMILES string of the molecule is CC#CCCC(NCC)c1ccc(C)c(Br)c1. The molecule has 0 spiro atoms. The molecule has 0 saturated carbocycles. The molecule has 1 nitrogen and oxygen atoms in total. The molecular weight excluding hydrogens is 274 g/mol. The molecule has 0 saturated heterocycles. The largest absolute Gasteiger partial charge is 0.310 e. The van der Waals surface area contributed by atoms with Gasteiger partial charge in [0, 0.05) is 16.9 Å². The molecule has 0 aromatic heterocycles. The van der Waals surface area contributed by atoms with E-state index in [1.54, 1.807) is 0 Å². The van der Waals surface area contributed by atoms with Crippen LogP contribution in [0.2, 0.25) is 0 Å². The van der Waals surface area contributed by atoms with E-state index in [9.17, 15) is 0 Å². The number of hydrogen-bond donors (Lipinski definition) is 1. The molecule has 17 heavy (non-hydrogen) atoms. The molecule has 1 atom stereocenters. The Morgan fingerprint density at radius 3 is 2.76 bits per heavy atom. The summed E-state index contributed by atoms with van der Waals surface area (Å²) in [4.78, 5) is 0. The highest BCUT2D eigenvalue weighted by atomic mass is 79.9. The second-order valence-electron chi connectivity index (χ2n) is 4.08. The summed E-state index contributed by atoms with van der Waals surface area (Å²) in [6.07, 6.45) is 2.00. The maximum atomic E-state index is 3.59. The van der Waals surface area contributed by atoms with Crippen LogP contribution in [0.5, 0.6) is 0 Å². The van der Waals surface area contributed by atoms with Gasteiger partial charge in [-0.1, -0.05) is 35.0 Å². The minimum Gasteiger partial charge on any atom is -0.310 e. The van der Waals surface area contributed by atoms with Crippen molar-refractivity contribution in [3.8, 4) is 11.8 Å². The third kappa shape index (κ3) is 4.53. The van der Waals surface area contributed by atoms with Crippen molar-refractivity contribution in [3.63, 3.8) is 0 Å². The molecular formula is C15H20BrN. The Hall–Kier alpha value is -0.780. The summed E-state index contributed by atoms with van der Waals surface area (Å²) in [6, 6.07) is 6.97. The molecule has 0 fully saturated rings. The van der Waals surface area contributed by atoms with Gasteiger partial charge in [-0.15, -0.1) is 11.8 Å². The van der Waals surface area contributed by atoms with Crippen LogP contribution in [-0.4, -0.2) is 6.54 Å². The highest BCUT2D eigenvalue weighted by Crippen LogP contribution is 2.24. The summed E-state index contributed by atoms with van der Waals surface area (Å²) in [5.74, 6) is 6.08. The Labute approximate surface area is 113 Å². The summed E-state index contributed by atoms with van der Waals surface area (Å²) in [5.41, 5.74) is 2.61. The molecule has 1 aromatic rings. The molecule has 0 aliphatic carbocycles. The quantitative estimate of drug-likeness (QED) is 0.802. The molecule has 0 aliphatic rings. The van der Waals surface area contributed by atoms with Gasteiger partial charge < -0.3 is 5.32 Å². The number of hydrogen-bond acceptors (Lipinski definition) is 1. The zero-order valence-corrected chi connectivity index (χ0v) is 12.4. The topological polar surface area (TPSA) is 12.0 Å². The Morgan fingerprint density at radius 2 is 2.18 bits per heavy atom. The third-order valence-electron chi connectivity index (χ3n) is 2.78. The monoisotopic (exact) mass is 293 g/mol. The van der Waals surface area contributed by atoms with Crippen LogP contribution in [0.15, 0.2) is 22.7 Å². The van der Waals surface area contributed by atoms with E-state index in [0.29, 0.717) is 6.04 Å². The fourth-order valence-corrected chi connectivity index (χ4v) is 2.20. The lowest BCUT2D eigenvalue weighted by Gasteiger charge is -2.18. The van der Waals surface area contributed by atoms with Crippen molar-refractivity contribution in [1.82, 2.24) is 5.32 Å². The molecule has 1 unspecified atom stereocenters. The molecule has 1 rings (SSSR count). The van der Waals surface area contributed by atoms with Gasteiger partial charge in [-0.25, -0.2) is 0 Å². The maximum Gasteiger partial charge on any atom is 0.0329 e. The average molecular weight is 294 g/mol. The fraction of sp³-hybridized carbons (Fsp3) is 0.467. The minimum atomic E-state index is 0.401. The fourth-order valence-electron chi connectivity index (χ4n) is 1.80. The first-order valence-electron chi connectivity index (χ1n) is 6.08. The third-order valence-corrected chi connectivity index (χ3v) is 3.64. The van der Waals surface area contributed by atoms with Crippen LogP contribution in [0.1, 0.15) is 43.9 Å². The molecule has 92 valence electrons. The first kappa shape index (κ1) is 14.3. The van der Waals surface area contributed by atoms with E-state index in [4.69, 9.17) is 0 Å². The molecule has 0 radical (unpaired) electrons. The minimum absolute atomic E-state index is 0.401. The van der Waals surface area contributed by atoms with Crippen LogP contribution in [0.3, 0.4) is 0 Å². The second-order valence-corrected chi connectivity index (χ2v) is 4.94. The summed E-state index contributed by atoms with van der Waals surface area (Å²) >= 11 is 3.59. The lowest BCUT2D eigenvalue weighted by Crippen LogP contribution is -2.20. The molecule has 1 N–H and O–H groups in total. The zero-order valence-electron chi connectivity index (χ0n) is 10.8. The van der Waals surface area contributed by atoms with Gasteiger partial charge in [-0.2, -0.15) is 0 Å². The predicted molar refractivity (Wildman–Crippen MR) is 78.0 cm³/mol. The lowest BCUT2D eigenvalue weighted by molar-refractivity contribution is 0.522. The highest BCUT2D eigenvalue weighted by molar-refractivity contribution is 9.10. The van der Waals surface area contributed by atoms with Gasteiger partial charge in [0.15, 0.2) is 0 Å². The van der Waals surface area contributed by atoms with E-state index >= 15 is 0 Å². The Bertz CT molecular complexity index is 415. The predicted octanol–water partition coefficient (Wildman–Crippen LogP) is 4.21. The molecule has 0 heterocycles. The standard InChI is InChI=1S/C15H20BrN/c1-4-6-7-8-15(17-5-2)13-10-9-12(3)14(16)11-13/h9-11,15,17H,5,7-8H2,1-3H3. The van der Waals surface area contributed by atoms with Crippen LogP contribution >= 0.6 is 15.9 Å². The number of aryl methyl sites for hydroxylation is 1. The van der Waals surface area contributed by atoms with Gasteiger partial charge in [-0.3, -0.25) is 0 Å². The smallest absolute Gasteiger partial charge is 0.0329 e. The van der Waals surface area contributed by atoms with Crippen molar-refractivity contribution >= 4 is 15.9 Å². The van der Waals surface area contributed by atoms with E-state index in [1.165, 1.54) is 15.6 Å². The van der Waals surface area contributed by atoms with Crippen molar-refractivity contribution in [2.24, 2.45) is 0 Å². The Kier molecular flexibility index (Phi) is 6.32. The Balaban J connectivity index is 2.79. The van der Waals surface area contributed by atoms with Crippen LogP contribution < -0.4 is 5.32 Å². The first-order valence-corrected chi connectivity index (χ1v) is 6.87. The second kappa shape index (κ2) is 7.53. The highest BCUT2D eigenvalue weighted by Gasteiger charge is 2.10. The maximum absolute atomic E-state index is 3.59. The summed E-state index contributed by atoms with van der Waals surface area (Å²) in [6.45, 7) is 7.13. The van der Waals surface area contributed by atoms with Crippen LogP contribution in [0.25, 0.3) is 0 Å². The van der Waals surface area contributed by atoms with Gasteiger partial charge in [0.1, 0.15) is 0 Å². The van der Waals surface area contributed by atoms with Crippen LogP contribution in [0, 0.1) is 18.8 Å². The molecule has 2 heteroatoms. The molecule has 1 aromatic carbocycles. The van der Waals surface area contributed by atoms with E-state index in [2.05, 4.69) is 65.1 Å². The van der Waals surface area contributed by atoms with E-state index in [0.717, 1.165) is 19.4 Å². The van der Waals surface area contributed by atoms with Crippen LogP contribution in [-0.2, 0) is 0 Å². The van der Waals surface area contributed by atoms with Crippen molar-refractivity contribution in [3.05, 3.63) is 33.8 Å². The average Bonchev–Trinajstić information content (AvgIpc) is 2.32. The van der Waals surface area contributed by atoms with E-state index in [-0.39, 0.29) is 0 Å². The number of halogens is 1. The van der Waals surface area contributed by atoms with Crippen molar-refractivity contribution in [2.75, 3.05) is 6.54 Å². The molecule has 0 aliphatic heterocycles. The summed E-state index contributed by atoms with van der Waals surface area (Å²) < 4.78 is 1.18. The van der Waals surface area contributed by atoms with Crippen molar-refractivity contribution in [2.45, 2.75) is 39.7 Å². The normalized spacial score (nSPS) is 11.8. The number of benzene rings is 1. The molecule has 0 bridgehead atoms. The van der Waals surface area contributed by atoms with Gasteiger partial charge in [0.25, 0.3) is 0 Å². The zero-order chi connectivity index (χ0) is 12.7. The van der Waals surface area contributed by atoms with Crippen molar-refractivity contribution < 1.29 is 0 Å². The van der Waals surface area contributed by atoms with E-state index in [1.807, 2.05) is 6.92 Å². The molecule has 0 amide bonds. The lowest BCUT2D eigenvalue weighted by atomic mass is 10.0. The first-order chi connectivity index (χ1) is 8.19. The summed E-state index contributed by atoms with van der Waals surface area (Å²) in [7, 11) is 0. The van der Waals surface area contributed by atoms with E-state index < -0.39 is 0 Å². The van der Waals surface area contributed by atoms with Crippen molar-refractivity contribution in [1.29, 1.82) is 0 Å². The van der Waals surface area contributed by atoms with Gasteiger partial charge in [0.05, 0.1) is 0 Å². The van der Waals surface area contributed by atoms with Gasteiger partial charge in [-0.05, 0) is 44.0 Å². The summed E-state index contributed by atoms with van der Waals surface area (Å²) in [5, 5.41) is 3.52. The Morgan fingerprint density at radius 1 is 1.41 bits per heavy atom. The number of rotatable bonds is 5. The van der Waals surface area contributed by atoms with Gasteiger partial charge in [0.2, 0.25) is 0 Å². The van der Waals surface area contributed by atoms with Crippen LogP contribution in [0.4, 0.5) is 0 Å².